The fourth-order valence-corrected chi connectivity index (χ4v) is 5.78. The first kappa shape index (κ1) is 18.9. The SMILES string of the molecule is CCC1(CC)CN(c2cccc(S(C)(=O)=O)c2[N+](=O)[O-])CCS1=O. The van der Waals surface area contributed by atoms with Crippen LogP contribution in [0.5, 0.6) is 0 Å². The third-order valence-electron chi connectivity index (χ3n) is 4.70. The maximum Gasteiger partial charge on any atom is 0.311 e. The monoisotopic (exact) mass is 374 g/mol. The van der Waals surface area contributed by atoms with E-state index in [-0.39, 0.29) is 10.6 Å². The number of hydrogen-bond donors (Lipinski definition) is 0. The molecule has 1 aliphatic rings. The molecule has 1 aliphatic heterocycles. The minimum absolute atomic E-state index is 0.282. The van der Waals surface area contributed by atoms with E-state index in [1.807, 2.05) is 13.8 Å². The van der Waals surface area contributed by atoms with Crippen LogP contribution in [-0.4, -0.2) is 47.4 Å². The van der Waals surface area contributed by atoms with Gasteiger partial charge in [-0.2, -0.15) is 0 Å². The molecule has 1 heterocycles. The number of sulfone groups is 1. The average molecular weight is 374 g/mol. The Labute approximate surface area is 144 Å². The van der Waals surface area contributed by atoms with Crippen LogP contribution in [-0.2, 0) is 20.6 Å². The quantitative estimate of drug-likeness (QED) is 0.578. The Bertz CT molecular complexity index is 772. The zero-order valence-electron chi connectivity index (χ0n) is 14.0. The van der Waals surface area contributed by atoms with Crippen LogP contribution >= 0.6 is 0 Å². The zero-order chi connectivity index (χ0) is 18.1. The van der Waals surface area contributed by atoms with Gasteiger partial charge in [-0.25, -0.2) is 8.42 Å². The molecule has 1 unspecified atom stereocenters. The highest BCUT2D eigenvalue weighted by Crippen LogP contribution is 2.38. The van der Waals surface area contributed by atoms with Gasteiger partial charge >= 0.3 is 5.69 Å². The molecule has 1 aromatic carbocycles. The van der Waals surface area contributed by atoms with E-state index in [0.717, 1.165) is 6.26 Å². The maximum atomic E-state index is 12.5. The molecule has 0 saturated carbocycles. The minimum Gasteiger partial charge on any atom is -0.364 e. The summed E-state index contributed by atoms with van der Waals surface area (Å²) < 4.78 is 35.9. The van der Waals surface area contributed by atoms with Gasteiger partial charge in [-0.15, -0.1) is 0 Å². The van der Waals surface area contributed by atoms with Gasteiger partial charge in [0.15, 0.2) is 9.84 Å². The Morgan fingerprint density at radius 1 is 1.33 bits per heavy atom. The molecule has 0 spiro atoms. The molecule has 9 heteroatoms. The molecule has 1 aromatic rings. The molecule has 0 aromatic heterocycles. The summed E-state index contributed by atoms with van der Waals surface area (Å²) in [7, 11) is -4.72. The second kappa shape index (κ2) is 6.79. The Morgan fingerprint density at radius 2 is 1.96 bits per heavy atom. The first-order valence-electron chi connectivity index (χ1n) is 7.77. The van der Waals surface area contributed by atoms with E-state index in [2.05, 4.69) is 0 Å². The molecule has 0 amide bonds. The normalized spacial score (nSPS) is 20.8. The molecule has 1 atom stereocenters. The van der Waals surface area contributed by atoms with Gasteiger partial charge in [0, 0.05) is 35.9 Å². The number of benzene rings is 1. The van der Waals surface area contributed by atoms with Crippen molar-refractivity contribution in [2.24, 2.45) is 0 Å². The van der Waals surface area contributed by atoms with E-state index in [1.54, 1.807) is 11.0 Å². The van der Waals surface area contributed by atoms with Gasteiger partial charge < -0.3 is 4.90 Å². The van der Waals surface area contributed by atoms with Crippen LogP contribution in [0.3, 0.4) is 0 Å². The standard InChI is InChI=1S/C15H22N2O5S2/c1-4-15(5-2)11-16(9-10-23(15)20)12-7-6-8-13(24(3,21)22)14(12)17(18)19/h6-8H,4-5,9-11H2,1-3H3. The van der Waals surface area contributed by atoms with E-state index in [1.165, 1.54) is 12.1 Å². The van der Waals surface area contributed by atoms with Crippen molar-refractivity contribution in [3.8, 4) is 0 Å². The lowest BCUT2D eigenvalue weighted by Gasteiger charge is -2.42. The summed E-state index contributed by atoms with van der Waals surface area (Å²) in [5.41, 5.74) is -0.111. The summed E-state index contributed by atoms with van der Waals surface area (Å²) >= 11 is 0. The average Bonchev–Trinajstić information content (AvgIpc) is 2.54. The first-order valence-corrected chi connectivity index (χ1v) is 11.0. The summed E-state index contributed by atoms with van der Waals surface area (Å²) in [5, 5.41) is 11.6. The summed E-state index contributed by atoms with van der Waals surface area (Å²) in [5.74, 6) is 0.419. The van der Waals surface area contributed by atoms with E-state index in [9.17, 15) is 22.7 Å². The van der Waals surface area contributed by atoms with Gasteiger partial charge in [-0.3, -0.25) is 14.3 Å². The Morgan fingerprint density at radius 3 is 2.46 bits per heavy atom. The van der Waals surface area contributed by atoms with Crippen LogP contribution < -0.4 is 4.90 Å². The summed E-state index contributed by atoms with van der Waals surface area (Å²) in [4.78, 5) is 12.4. The van der Waals surface area contributed by atoms with Gasteiger partial charge in [0.1, 0.15) is 10.6 Å². The maximum absolute atomic E-state index is 12.5. The highest BCUT2D eigenvalue weighted by atomic mass is 32.2. The number of nitro benzene ring substituents is 1. The number of rotatable bonds is 5. The van der Waals surface area contributed by atoms with E-state index in [4.69, 9.17) is 0 Å². The Kier molecular flexibility index (Phi) is 5.34. The number of anilines is 1. The van der Waals surface area contributed by atoms with Crippen LogP contribution in [0.25, 0.3) is 0 Å². The van der Waals surface area contributed by atoms with Crippen LogP contribution in [0, 0.1) is 10.1 Å². The topological polar surface area (TPSA) is 97.6 Å². The van der Waals surface area contributed by atoms with Gasteiger partial charge in [0.25, 0.3) is 0 Å². The van der Waals surface area contributed by atoms with Crippen molar-refractivity contribution in [1.29, 1.82) is 0 Å². The van der Waals surface area contributed by atoms with Crippen LogP contribution in [0.4, 0.5) is 11.4 Å². The molecule has 1 saturated heterocycles. The molecular weight excluding hydrogens is 352 g/mol. The summed E-state index contributed by atoms with van der Waals surface area (Å²) in [6.07, 6.45) is 2.37. The third kappa shape index (κ3) is 3.32. The van der Waals surface area contributed by atoms with E-state index < -0.39 is 36.0 Å². The summed E-state index contributed by atoms with van der Waals surface area (Å²) in [6.45, 7) is 4.75. The zero-order valence-corrected chi connectivity index (χ0v) is 15.7. The van der Waals surface area contributed by atoms with Gasteiger partial charge in [0.05, 0.1) is 9.67 Å². The number of nitrogens with zero attached hydrogens (tertiary/aromatic N) is 2. The molecule has 0 aliphatic carbocycles. The number of hydrogen-bond acceptors (Lipinski definition) is 6. The van der Waals surface area contributed by atoms with Gasteiger partial charge in [-0.1, -0.05) is 19.9 Å². The lowest BCUT2D eigenvalue weighted by molar-refractivity contribution is -0.387. The van der Waals surface area contributed by atoms with E-state index in [0.29, 0.717) is 31.7 Å². The van der Waals surface area contributed by atoms with Gasteiger partial charge in [0.2, 0.25) is 0 Å². The largest absolute Gasteiger partial charge is 0.364 e. The van der Waals surface area contributed by atoms with Gasteiger partial charge in [-0.05, 0) is 25.0 Å². The predicted molar refractivity (Wildman–Crippen MR) is 94.7 cm³/mol. The van der Waals surface area contributed by atoms with E-state index >= 15 is 0 Å². The first-order chi connectivity index (χ1) is 11.2. The van der Waals surface area contributed by atoms with Crippen molar-refractivity contribution in [2.45, 2.75) is 36.3 Å². The van der Waals surface area contributed by atoms with Crippen molar-refractivity contribution >= 4 is 32.0 Å². The third-order valence-corrected chi connectivity index (χ3v) is 8.05. The molecule has 134 valence electrons. The van der Waals surface area contributed by atoms with Crippen LogP contribution in [0.15, 0.2) is 23.1 Å². The van der Waals surface area contributed by atoms with Crippen molar-refractivity contribution in [3.05, 3.63) is 28.3 Å². The molecule has 0 bridgehead atoms. The second-order valence-electron chi connectivity index (χ2n) is 6.01. The van der Waals surface area contributed by atoms with Crippen molar-refractivity contribution in [2.75, 3.05) is 30.0 Å². The fraction of sp³-hybridized carbons (Fsp3) is 0.600. The number of nitro groups is 1. The van der Waals surface area contributed by atoms with Crippen molar-refractivity contribution in [1.82, 2.24) is 0 Å². The highest BCUT2D eigenvalue weighted by Gasteiger charge is 2.41. The van der Waals surface area contributed by atoms with Crippen molar-refractivity contribution < 1.29 is 17.6 Å². The lowest BCUT2D eigenvalue weighted by atomic mass is 10.0. The molecule has 0 radical (unpaired) electrons. The predicted octanol–water partition coefficient (Wildman–Crippen LogP) is 2.13. The molecule has 1 fully saturated rings. The molecule has 7 nitrogen and oxygen atoms in total. The Hall–Kier alpha value is -1.48. The smallest absolute Gasteiger partial charge is 0.311 e. The summed E-state index contributed by atoms with van der Waals surface area (Å²) in [6, 6.07) is 4.34. The molecular formula is C15H22N2O5S2. The highest BCUT2D eigenvalue weighted by molar-refractivity contribution is 7.90. The Balaban J connectivity index is 2.57. The molecule has 24 heavy (non-hydrogen) atoms. The van der Waals surface area contributed by atoms with Crippen molar-refractivity contribution in [3.63, 3.8) is 0 Å². The van der Waals surface area contributed by atoms with Crippen LogP contribution in [0.1, 0.15) is 26.7 Å². The second-order valence-corrected chi connectivity index (χ2v) is 9.96. The molecule has 2 rings (SSSR count). The molecule has 0 N–H and O–H groups in total. The fourth-order valence-electron chi connectivity index (χ4n) is 3.16. The number of para-hydroxylation sites is 1. The minimum atomic E-state index is -3.72. The van der Waals surface area contributed by atoms with Crippen LogP contribution in [0.2, 0.25) is 0 Å². The lowest BCUT2D eigenvalue weighted by Crippen LogP contribution is -2.53.